The summed E-state index contributed by atoms with van der Waals surface area (Å²) in [5, 5.41) is 8.37. The van der Waals surface area contributed by atoms with Crippen molar-refractivity contribution in [1.82, 2.24) is 0 Å². The van der Waals surface area contributed by atoms with Crippen LogP contribution in [-0.4, -0.2) is 24.7 Å². The van der Waals surface area contributed by atoms with E-state index in [4.69, 9.17) is 16.7 Å². The highest BCUT2D eigenvalue weighted by atomic mass is 35.5. The third-order valence-corrected chi connectivity index (χ3v) is 5.56. The Kier molecular flexibility index (Phi) is 3.14. The number of carboxylic acids is 1. The fourth-order valence-electron chi connectivity index (χ4n) is 2.06. The molecule has 0 bridgehead atoms. The highest BCUT2D eigenvalue weighted by molar-refractivity contribution is 7.92. The summed E-state index contributed by atoms with van der Waals surface area (Å²) in [6.45, 7) is 0. The third-order valence-electron chi connectivity index (χ3n) is 2.93. The SMILES string of the molecule is O=C(O)CCC1Cc2c(Cl)cccc2S1(=O)=O. The van der Waals surface area contributed by atoms with E-state index in [9.17, 15) is 13.2 Å². The van der Waals surface area contributed by atoms with Crippen LogP contribution in [0.4, 0.5) is 0 Å². The molecule has 1 aliphatic rings. The van der Waals surface area contributed by atoms with Crippen molar-refractivity contribution in [2.45, 2.75) is 29.4 Å². The lowest BCUT2D eigenvalue weighted by molar-refractivity contribution is -0.137. The fraction of sp³-hybridized carbons (Fsp3) is 0.364. The summed E-state index contributed by atoms with van der Waals surface area (Å²) in [7, 11) is -3.41. The van der Waals surface area contributed by atoms with Crippen molar-refractivity contribution in [3.63, 3.8) is 0 Å². The number of sulfone groups is 1. The van der Waals surface area contributed by atoms with Crippen molar-refractivity contribution in [2.24, 2.45) is 0 Å². The molecule has 0 aromatic heterocycles. The van der Waals surface area contributed by atoms with E-state index < -0.39 is 21.1 Å². The number of carboxylic acid groups (broad SMARTS) is 1. The quantitative estimate of drug-likeness (QED) is 0.914. The Labute approximate surface area is 104 Å². The van der Waals surface area contributed by atoms with Crippen molar-refractivity contribution in [3.8, 4) is 0 Å². The normalized spacial score (nSPS) is 21.1. The molecule has 1 heterocycles. The monoisotopic (exact) mass is 274 g/mol. The van der Waals surface area contributed by atoms with E-state index in [1.165, 1.54) is 6.07 Å². The van der Waals surface area contributed by atoms with E-state index >= 15 is 0 Å². The van der Waals surface area contributed by atoms with Gasteiger partial charge in [0, 0.05) is 11.4 Å². The molecule has 0 radical (unpaired) electrons. The van der Waals surface area contributed by atoms with Gasteiger partial charge in [-0.3, -0.25) is 4.79 Å². The van der Waals surface area contributed by atoms with Gasteiger partial charge in [-0.1, -0.05) is 17.7 Å². The zero-order valence-corrected chi connectivity index (χ0v) is 10.5. The zero-order chi connectivity index (χ0) is 12.6. The van der Waals surface area contributed by atoms with Gasteiger partial charge in [-0.05, 0) is 30.5 Å². The summed E-state index contributed by atoms with van der Waals surface area (Å²) in [4.78, 5) is 10.7. The van der Waals surface area contributed by atoms with Gasteiger partial charge in [-0.15, -0.1) is 0 Å². The van der Waals surface area contributed by atoms with Crippen LogP contribution in [0.15, 0.2) is 23.1 Å². The second-order valence-electron chi connectivity index (χ2n) is 4.02. The number of aliphatic carboxylic acids is 1. The van der Waals surface area contributed by atoms with Crippen molar-refractivity contribution < 1.29 is 18.3 Å². The van der Waals surface area contributed by atoms with Gasteiger partial charge < -0.3 is 5.11 Å². The maximum absolute atomic E-state index is 12.1. The average molecular weight is 275 g/mol. The predicted octanol–water partition coefficient (Wildman–Crippen LogP) is 1.90. The highest BCUT2D eigenvalue weighted by Crippen LogP contribution is 2.37. The minimum atomic E-state index is -3.41. The first kappa shape index (κ1) is 12.4. The van der Waals surface area contributed by atoms with Gasteiger partial charge >= 0.3 is 5.97 Å². The molecular formula is C11H11ClO4S. The van der Waals surface area contributed by atoms with E-state index in [0.717, 1.165) is 0 Å². The molecule has 0 amide bonds. The van der Waals surface area contributed by atoms with E-state index in [1.807, 2.05) is 0 Å². The molecule has 6 heteroatoms. The van der Waals surface area contributed by atoms with Crippen LogP contribution in [0.5, 0.6) is 0 Å². The minimum absolute atomic E-state index is 0.128. The smallest absolute Gasteiger partial charge is 0.303 e. The van der Waals surface area contributed by atoms with Gasteiger partial charge in [0.15, 0.2) is 9.84 Å². The van der Waals surface area contributed by atoms with Crippen LogP contribution in [-0.2, 0) is 21.1 Å². The molecule has 0 fully saturated rings. The molecule has 92 valence electrons. The summed E-state index contributed by atoms with van der Waals surface area (Å²) in [6, 6.07) is 4.77. The molecule has 0 aliphatic carbocycles. The predicted molar refractivity (Wildman–Crippen MR) is 63.0 cm³/mol. The van der Waals surface area contributed by atoms with Crippen molar-refractivity contribution in [3.05, 3.63) is 28.8 Å². The Morgan fingerprint density at radius 3 is 2.76 bits per heavy atom. The molecule has 1 unspecified atom stereocenters. The number of hydrogen-bond donors (Lipinski definition) is 1. The summed E-state index contributed by atoms with van der Waals surface area (Å²) in [5.74, 6) is -0.984. The standard InChI is InChI=1S/C11H11ClO4S/c12-9-2-1-3-10-8(9)6-7(17(10,15)16)4-5-11(13)14/h1-3,7H,4-6H2,(H,13,14). The molecule has 0 saturated heterocycles. The molecule has 1 aliphatic heterocycles. The van der Waals surface area contributed by atoms with Crippen LogP contribution in [0.2, 0.25) is 5.02 Å². The lowest BCUT2D eigenvalue weighted by Gasteiger charge is -2.06. The molecule has 1 atom stereocenters. The first-order valence-corrected chi connectivity index (χ1v) is 7.08. The summed E-state index contributed by atoms with van der Waals surface area (Å²) < 4.78 is 24.2. The summed E-state index contributed by atoms with van der Waals surface area (Å²) in [6.07, 6.45) is 0.294. The van der Waals surface area contributed by atoms with Crippen LogP contribution < -0.4 is 0 Å². The number of benzene rings is 1. The fourth-order valence-corrected chi connectivity index (χ4v) is 4.35. The molecule has 4 nitrogen and oxygen atoms in total. The molecule has 0 spiro atoms. The van der Waals surface area contributed by atoms with Crippen molar-refractivity contribution in [1.29, 1.82) is 0 Å². The third kappa shape index (κ3) is 2.17. The molecule has 0 saturated carbocycles. The first-order chi connectivity index (χ1) is 7.93. The van der Waals surface area contributed by atoms with E-state index in [-0.39, 0.29) is 17.7 Å². The Balaban J connectivity index is 2.34. The second-order valence-corrected chi connectivity index (χ2v) is 6.62. The zero-order valence-electron chi connectivity index (χ0n) is 8.89. The van der Waals surface area contributed by atoms with Crippen LogP contribution in [0.3, 0.4) is 0 Å². The van der Waals surface area contributed by atoms with Gasteiger partial charge in [-0.2, -0.15) is 0 Å². The van der Waals surface area contributed by atoms with Crippen LogP contribution >= 0.6 is 11.6 Å². The van der Waals surface area contributed by atoms with Crippen LogP contribution in [0.25, 0.3) is 0 Å². The van der Waals surface area contributed by atoms with Gasteiger partial charge in [0.1, 0.15) is 0 Å². The van der Waals surface area contributed by atoms with Crippen LogP contribution in [0, 0.1) is 0 Å². The average Bonchev–Trinajstić information content (AvgIpc) is 2.50. The first-order valence-electron chi connectivity index (χ1n) is 5.16. The van der Waals surface area contributed by atoms with E-state index in [0.29, 0.717) is 17.0 Å². The summed E-state index contributed by atoms with van der Waals surface area (Å²) in [5.41, 5.74) is 0.615. The lowest BCUT2D eigenvalue weighted by atomic mass is 10.1. The lowest BCUT2D eigenvalue weighted by Crippen LogP contribution is -2.18. The minimum Gasteiger partial charge on any atom is -0.481 e. The van der Waals surface area contributed by atoms with Gasteiger partial charge in [0.2, 0.25) is 0 Å². The number of fused-ring (bicyclic) bond motifs is 1. The Hall–Kier alpha value is -1.07. The number of rotatable bonds is 3. The number of hydrogen-bond acceptors (Lipinski definition) is 3. The topological polar surface area (TPSA) is 71.4 Å². The molecule has 2 rings (SSSR count). The second kappa shape index (κ2) is 4.31. The highest BCUT2D eigenvalue weighted by Gasteiger charge is 2.37. The van der Waals surface area contributed by atoms with Crippen molar-refractivity contribution in [2.75, 3.05) is 0 Å². The van der Waals surface area contributed by atoms with E-state index in [1.54, 1.807) is 12.1 Å². The van der Waals surface area contributed by atoms with Crippen LogP contribution in [0.1, 0.15) is 18.4 Å². The summed E-state index contributed by atoms with van der Waals surface area (Å²) >= 11 is 5.94. The van der Waals surface area contributed by atoms with Gasteiger partial charge in [0.25, 0.3) is 0 Å². The molecular weight excluding hydrogens is 264 g/mol. The molecule has 1 aromatic rings. The largest absolute Gasteiger partial charge is 0.481 e. The number of carbonyl (C=O) groups is 1. The maximum atomic E-state index is 12.1. The number of halogens is 1. The Morgan fingerprint density at radius 1 is 1.47 bits per heavy atom. The van der Waals surface area contributed by atoms with Gasteiger partial charge in [0.05, 0.1) is 10.1 Å². The maximum Gasteiger partial charge on any atom is 0.303 e. The molecule has 1 aromatic carbocycles. The van der Waals surface area contributed by atoms with Crippen molar-refractivity contribution >= 4 is 27.4 Å². The molecule has 1 N–H and O–H groups in total. The Morgan fingerprint density at radius 2 is 2.18 bits per heavy atom. The van der Waals surface area contributed by atoms with E-state index in [2.05, 4.69) is 0 Å². The molecule has 17 heavy (non-hydrogen) atoms. The Bertz CT molecular complexity index is 565. The van der Waals surface area contributed by atoms with Gasteiger partial charge in [-0.25, -0.2) is 8.42 Å².